The van der Waals surface area contributed by atoms with Gasteiger partial charge in [0.25, 0.3) is 0 Å². The zero-order chi connectivity index (χ0) is 12.7. The number of para-hydroxylation sites is 1. The van der Waals surface area contributed by atoms with Crippen molar-refractivity contribution in [3.63, 3.8) is 0 Å². The van der Waals surface area contributed by atoms with Gasteiger partial charge in [0.1, 0.15) is 11.3 Å². The highest BCUT2D eigenvalue weighted by Crippen LogP contribution is 2.33. The standard InChI is InChI=1S/C15H13NO2/c1-9-6-7-13-12(8-9)16-15(18-13)11-5-3-4-10(2)14(11)17/h3-8,17H,1-2H3. The Hall–Kier alpha value is -2.29. The SMILES string of the molecule is Cc1ccc2oc(-c3cccc(C)c3O)nc2c1. The van der Waals surface area contributed by atoms with Gasteiger partial charge < -0.3 is 9.52 Å². The first-order chi connectivity index (χ1) is 8.65. The molecule has 3 nitrogen and oxygen atoms in total. The van der Waals surface area contributed by atoms with Crippen LogP contribution in [0.1, 0.15) is 11.1 Å². The molecule has 3 aromatic rings. The maximum Gasteiger partial charge on any atom is 0.231 e. The summed E-state index contributed by atoms with van der Waals surface area (Å²) in [5.74, 6) is 0.678. The molecule has 0 radical (unpaired) electrons. The van der Waals surface area contributed by atoms with E-state index in [-0.39, 0.29) is 5.75 Å². The summed E-state index contributed by atoms with van der Waals surface area (Å²) in [4.78, 5) is 4.42. The second-order valence-electron chi connectivity index (χ2n) is 4.46. The van der Waals surface area contributed by atoms with Gasteiger partial charge in [-0.15, -0.1) is 0 Å². The normalized spacial score (nSPS) is 11.0. The van der Waals surface area contributed by atoms with E-state index < -0.39 is 0 Å². The minimum atomic E-state index is 0.223. The summed E-state index contributed by atoms with van der Waals surface area (Å²) in [5.41, 5.74) is 4.12. The number of hydrogen-bond donors (Lipinski definition) is 1. The van der Waals surface area contributed by atoms with Crippen LogP contribution in [0.15, 0.2) is 40.8 Å². The molecule has 1 heterocycles. The Morgan fingerprint density at radius 3 is 2.78 bits per heavy atom. The lowest BCUT2D eigenvalue weighted by Gasteiger charge is -2.02. The molecule has 0 saturated carbocycles. The largest absolute Gasteiger partial charge is 0.507 e. The summed E-state index contributed by atoms with van der Waals surface area (Å²) in [6.07, 6.45) is 0. The number of hydrogen-bond acceptors (Lipinski definition) is 3. The van der Waals surface area contributed by atoms with Crippen molar-refractivity contribution in [1.29, 1.82) is 0 Å². The predicted molar refractivity (Wildman–Crippen MR) is 70.6 cm³/mol. The minimum Gasteiger partial charge on any atom is -0.507 e. The molecule has 0 saturated heterocycles. The number of aromatic nitrogens is 1. The average Bonchev–Trinajstić information content (AvgIpc) is 2.75. The summed E-state index contributed by atoms with van der Waals surface area (Å²) in [5, 5.41) is 10.0. The van der Waals surface area contributed by atoms with Gasteiger partial charge in [0.2, 0.25) is 5.89 Å². The number of oxazole rings is 1. The molecule has 0 fully saturated rings. The first kappa shape index (κ1) is 10.8. The molecule has 0 amide bonds. The van der Waals surface area contributed by atoms with E-state index in [0.29, 0.717) is 11.5 Å². The minimum absolute atomic E-state index is 0.223. The molecular formula is C15H13NO2. The zero-order valence-corrected chi connectivity index (χ0v) is 10.3. The van der Waals surface area contributed by atoms with Crippen LogP contribution >= 0.6 is 0 Å². The van der Waals surface area contributed by atoms with E-state index in [4.69, 9.17) is 4.42 Å². The fourth-order valence-corrected chi connectivity index (χ4v) is 1.98. The number of aryl methyl sites for hydroxylation is 2. The molecular weight excluding hydrogens is 226 g/mol. The van der Waals surface area contributed by atoms with E-state index in [0.717, 1.165) is 22.2 Å². The number of phenols is 1. The molecule has 0 atom stereocenters. The topological polar surface area (TPSA) is 46.3 Å². The molecule has 0 bridgehead atoms. The van der Waals surface area contributed by atoms with E-state index in [1.807, 2.05) is 44.2 Å². The quantitative estimate of drug-likeness (QED) is 0.702. The van der Waals surface area contributed by atoms with Gasteiger partial charge in [-0.3, -0.25) is 0 Å². The molecule has 2 aromatic carbocycles. The van der Waals surface area contributed by atoms with Crippen LogP contribution in [0.4, 0.5) is 0 Å². The average molecular weight is 239 g/mol. The summed E-state index contributed by atoms with van der Waals surface area (Å²) in [7, 11) is 0. The van der Waals surface area contributed by atoms with Crippen molar-refractivity contribution in [2.45, 2.75) is 13.8 Å². The number of aromatic hydroxyl groups is 1. The van der Waals surface area contributed by atoms with Crippen LogP contribution in [0.3, 0.4) is 0 Å². The molecule has 18 heavy (non-hydrogen) atoms. The number of rotatable bonds is 1. The third kappa shape index (κ3) is 1.64. The molecule has 0 spiro atoms. The molecule has 3 heteroatoms. The van der Waals surface area contributed by atoms with Crippen LogP contribution < -0.4 is 0 Å². The van der Waals surface area contributed by atoms with E-state index >= 15 is 0 Å². The molecule has 1 aromatic heterocycles. The van der Waals surface area contributed by atoms with Crippen LogP contribution in [0.25, 0.3) is 22.6 Å². The summed E-state index contributed by atoms with van der Waals surface area (Å²) in [6, 6.07) is 11.4. The Kier molecular flexibility index (Phi) is 2.33. The van der Waals surface area contributed by atoms with E-state index in [9.17, 15) is 5.11 Å². The van der Waals surface area contributed by atoms with Crippen molar-refractivity contribution >= 4 is 11.1 Å². The molecule has 0 aliphatic carbocycles. The lowest BCUT2D eigenvalue weighted by Crippen LogP contribution is -1.81. The number of phenolic OH excluding ortho intramolecular Hbond substituents is 1. The monoisotopic (exact) mass is 239 g/mol. The van der Waals surface area contributed by atoms with Crippen molar-refractivity contribution in [2.24, 2.45) is 0 Å². The molecule has 0 aliphatic rings. The Morgan fingerprint density at radius 2 is 1.94 bits per heavy atom. The van der Waals surface area contributed by atoms with Crippen LogP contribution in [0.5, 0.6) is 5.75 Å². The Labute approximate surface area is 105 Å². The number of benzene rings is 2. The van der Waals surface area contributed by atoms with Crippen LogP contribution in [-0.4, -0.2) is 10.1 Å². The second kappa shape index (κ2) is 3.88. The third-order valence-electron chi connectivity index (χ3n) is 3.01. The highest BCUT2D eigenvalue weighted by molar-refractivity contribution is 5.78. The maximum absolute atomic E-state index is 10.0. The summed E-state index contributed by atoms with van der Waals surface area (Å²) >= 11 is 0. The molecule has 90 valence electrons. The van der Waals surface area contributed by atoms with Crippen molar-refractivity contribution in [1.82, 2.24) is 4.98 Å². The van der Waals surface area contributed by atoms with Gasteiger partial charge in [0.05, 0.1) is 5.56 Å². The first-order valence-electron chi connectivity index (χ1n) is 5.81. The van der Waals surface area contributed by atoms with Gasteiger partial charge >= 0.3 is 0 Å². The lowest BCUT2D eigenvalue weighted by atomic mass is 10.1. The Bertz CT molecular complexity index is 728. The van der Waals surface area contributed by atoms with Crippen molar-refractivity contribution in [2.75, 3.05) is 0 Å². The van der Waals surface area contributed by atoms with E-state index in [1.54, 1.807) is 6.07 Å². The highest BCUT2D eigenvalue weighted by atomic mass is 16.3. The van der Waals surface area contributed by atoms with Gasteiger partial charge in [-0.05, 0) is 43.2 Å². The fraction of sp³-hybridized carbons (Fsp3) is 0.133. The fourth-order valence-electron chi connectivity index (χ4n) is 1.98. The van der Waals surface area contributed by atoms with Crippen LogP contribution in [0.2, 0.25) is 0 Å². The summed E-state index contributed by atoms with van der Waals surface area (Å²) in [6.45, 7) is 3.86. The Morgan fingerprint density at radius 1 is 1.11 bits per heavy atom. The first-order valence-corrected chi connectivity index (χ1v) is 5.81. The zero-order valence-electron chi connectivity index (χ0n) is 10.3. The Balaban J connectivity index is 2.22. The molecule has 3 rings (SSSR count). The van der Waals surface area contributed by atoms with Gasteiger partial charge in [-0.25, -0.2) is 4.98 Å². The molecule has 0 unspecified atom stereocenters. The number of fused-ring (bicyclic) bond motifs is 1. The third-order valence-corrected chi connectivity index (χ3v) is 3.01. The van der Waals surface area contributed by atoms with Crippen LogP contribution in [0, 0.1) is 13.8 Å². The van der Waals surface area contributed by atoms with Crippen molar-refractivity contribution < 1.29 is 9.52 Å². The van der Waals surface area contributed by atoms with Gasteiger partial charge in [0.15, 0.2) is 5.58 Å². The number of nitrogens with zero attached hydrogens (tertiary/aromatic N) is 1. The second-order valence-corrected chi connectivity index (χ2v) is 4.46. The van der Waals surface area contributed by atoms with Crippen molar-refractivity contribution in [3.8, 4) is 17.2 Å². The smallest absolute Gasteiger partial charge is 0.231 e. The van der Waals surface area contributed by atoms with E-state index in [1.165, 1.54) is 0 Å². The van der Waals surface area contributed by atoms with Gasteiger partial charge in [0, 0.05) is 0 Å². The van der Waals surface area contributed by atoms with Crippen molar-refractivity contribution in [3.05, 3.63) is 47.5 Å². The van der Waals surface area contributed by atoms with E-state index in [2.05, 4.69) is 4.98 Å². The molecule has 1 N–H and O–H groups in total. The lowest BCUT2D eigenvalue weighted by molar-refractivity contribution is 0.470. The predicted octanol–water partition coefficient (Wildman–Crippen LogP) is 3.82. The van der Waals surface area contributed by atoms with Crippen LogP contribution in [-0.2, 0) is 0 Å². The maximum atomic E-state index is 10.0. The van der Waals surface area contributed by atoms with Gasteiger partial charge in [-0.1, -0.05) is 18.2 Å². The molecule has 0 aliphatic heterocycles. The van der Waals surface area contributed by atoms with Gasteiger partial charge in [-0.2, -0.15) is 0 Å². The summed E-state index contributed by atoms with van der Waals surface area (Å²) < 4.78 is 5.67. The highest BCUT2D eigenvalue weighted by Gasteiger charge is 2.13.